The van der Waals surface area contributed by atoms with E-state index in [1.165, 1.54) is 23.5 Å². The van der Waals surface area contributed by atoms with Crippen LogP contribution >= 0.6 is 0 Å². The molecule has 1 fully saturated rings. The lowest BCUT2D eigenvalue weighted by Gasteiger charge is -2.35. The second-order valence-corrected chi connectivity index (χ2v) is 8.03. The number of sulfonamides is 1. The normalized spacial score (nSPS) is 19.2. The van der Waals surface area contributed by atoms with Gasteiger partial charge in [-0.05, 0) is 12.1 Å². The Balaban J connectivity index is 1.67. The number of benzene rings is 1. The van der Waals surface area contributed by atoms with Gasteiger partial charge in [0.15, 0.2) is 11.5 Å². The quantitative estimate of drug-likeness (QED) is 0.711. The predicted molar refractivity (Wildman–Crippen MR) is 92.6 cm³/mol. The van der Waals surface area contributed by atoms with Crippen LogP contribution in [0.3, 0.4) is 0 Å². The number of carbonyl (C=O) groups is 1. The summed E-state index contributed by atoms with van der Waals surface area (Å²) in [5.74, 6) is 0.734. The van der Waals surface area contributed by atoms with Gasteiger partial charge >= 0.3 is 0 Å². The smallest absolute Gasteiger partial charge is 0.243 e. The maximum atomic E-state index is 12.9. The molecule has 144 valence electrons. The zero-order valence-corrected chi connectivity index (χ0v) is 15.4. The van der Waals surface area contributed by atoms with E-state index in [9.17, 15) is 13.2 Å². The van der Waals surface area contributed by atoms with E-state index in [2.05, 4.69) is 0 Å². The number of amides is 1. The minimum absolute atomic E-state index is 0.133. The Bertz CT molecular complexity index is 761. The summed E-state index contributed by atoms with van der Waals surface area (Å²) in [5, 5.41) is 0. The minimum Gasteiger partial charge on any atom is -0.486 e. The van der Waals surface area contributed by atoms with Gasteiger partial charge in [0, 0.05) is 39.4 Å². The first-order valence-corrected chi connectivity index (χ1v) is 9.80. The van der Waals surface area contributed by atoms with Gasteiger partial charge in [-0.15, -0.1) is 0 Å². The molecule has 2 aliphatic heterocycles. The van der Waals surface area contributed by atoms with Gasteiger partial charge in [0.05, 0.1) is 11.5 Å². The molecule has 2 aliphatic rings. The average molecular weight is 385 g/mol. The molecule has 0 aromatic heterocycles. The summed E-state index contributed by atoms with van der Waals surface area (Å²) in [4.78, 5) is 13.9. The lowest BCUT2D eigenvalue weighted by molar-refractivity contribution is -0.134. The molecule has 0 spiro atoms. The van der Waals surface area contributed by atoms with Crippen LogP contribution in [0.15, 0.2) is 23.1 Å². The molecule has 1 aromatic carbocycles. The largest absolute Gasteiger partial charge is 0.486 e. The molecular weight excluding hydrogens is 362 g/mol. The molecule has 2 N–H and O–H groups in total. The third-order valence-corrected chi connectivity index (χ3v) is 6.26. The zero-order valence-electron chi connectivity index (χ0n) is 14.6. The van der Waals surface area contributed by atoms with Crippen LogP contribution in [0.5, 0.6) is 11.5 Å². The number of hydrogen-bond donors (Lipinski definition) is 1. The fourth-order valence-corrected chi connectivity index (χ4v) is 4.41. The van der Waals surface area contributed by atoms with Crippen LogP contribution in [0.4, 0.5) is 0 Å². The number of piperazine rings is 1. The molecule has 1 aromatic rings. The Morgan fingerprint density at radius 3 is 2.50 bits per heavy atom. The number of ether oxygens (including phenoxy) is 3. The van der Waals surface area contributed by atoms with Crippen LogP contribution in [0, 0.1) is 0 Å². The second kappa shape index (κ2) is 7.78. The SMILES string of the molecule is COCC(N)C(=O)N1CCN(S(=O)(=O)c2ccc3c(c2)OCCO3)CC1. The van der Waals surface area contributed by atoms with Gasteiger partial charge in [-0.3, -0.25) is 4.79 Å². The summed E-state index contributed by atoms with van der Waals surface area (Å²) >= 11 is 0. The van der Waals surface area contributed by atoms with Crippen LogP contribution in [-0.2, 0) is 19.6 Å². The lowest BCUT2D eigenvalue weighted by Crippen LogP contribution is -2.55. The van der Waals surface area contributed by atoms with Crippen LogP contribution in [0.1, 0.15) is 0 Å². The van der Waals surface area contributed by atoms with Crippen LogP contribution in [0.2, 0.25) is 0 Å². The first-order valence-electron chi connectivity index (χ1n) is 8.36. The third-order valence-electron chi connectivity index (χ3n) is 4.37. The maximum Gasteiger partial charge on any atom is 0.243 e. The predicted octanol–water partition coefficient (Wildman–Crippen LogP) is -0.736. The highest BCUT2D eigenvalue weighted by Crippen LogP contribution is 2.33. The molecule has 0 bridgehead atoms. The molecule has 1 unspecified atom stereocenters. The topological polar surface area (TPSA) is 111 Å². The molecule has 2 heterocycles. The van der Waals surface area contributed by atoms with E-state index in [-0.39, 0.29) is 30.5 Å². The highest BCUT2D eigenvalue weighted by Gasteiger charge is 2.32. The van der Waals surface area contributed by atoms with Gasteiger partial charge < -0.3 is 24.8 Å². The van der Waals surface area contributed by atoms with Crippen LogP contribution in [-0.4, -0.2) is 82.7 Å². The van der Waals surface area contributed by atoms with E-state index in [1.807, 2.05) is 0 Å². The average Bonchev–Trinajstić information content (AvgIpc) is 2.67. The van der Waals surface area contributed by atoms with E-state index in [4.69, 9.17) is 19.9 Å². The fraction of sp³-hybridized carbons (Fsp3) is 0.562. The van der Waals surface area contributed by atoms with E-state index in [0.29, 0.717) is 37.8 Å². The molecule has 0 aliphatic carbocycles. The van der Waals surface area contributed by atoms with Gasteiger partial charge in [0.1, 0.15) is 19.3 Å². The molecule has 10 heteroatoms. The Hall–Kier alpha value is -1.88. The van der Waals surface area contributed by atoms with Crippen molar-refractivity contribution in [3.63, 3.8) is 0 Å². The summed E-state index contributed by atoms with van der Waals surface area (Å²) in [6.45, 7) is 1.97. The molecule has 1 atom stereocenters. The van der Waals surface area contributed by atoms with Crippen LogP contribution < -0.4 is 15.2 Å². The molecule has 3 rings (SSSR count). The van der Waals surface area contributed by atoms with Crippen molar-refractivity contribution in [3.05, 3.63) is 18.2 Å². The van der Waals surface area contributed by atoms with Gasteiger partial charge in [-0.25, -0.2) is 8.42 Å². The van der Waals surface area contributed by atoms with Crippen molar-refractivity contribution in [2.24, 2.45) is 5.73 Å². The van der Waals surface area contributed by atoms with E-state index < -0.39 is 16.1 Å². The zero-order chi connectivity index (χ0) is 18.7. The summed E-state index contributed by atoms with van der Waals surface area (Å²) < 4.78 is 42.9. The Morgan fingerprint density at radius 2 is 1.85 bits per heavy atom. The molecule has 1 saturated heterocycles. The number of carbonyl (C=O) groups excluding carboxylic acids is 1. The lowest BCUT2D eigenvalue weighted by atomic mass is 10.2. The third kappa shape index (κ3) is 3.78. The van der Waals surface area contributed by atoms with Crippen molar-refractivity contribution in [2.75, 3.05) is 53.1 Å². The van der Waals surface area contributed by atoms with Crippen LogP contribution in [0.25, 0.3) is 0 Å². The molecule has 9 nitrogen and oxygen atoms in total. The van der Waals surface area contributed by atoms with Crippen molar-refractivity contribution in [1.29, 1.82) is 0 Å². The first-order chi connectivity index (χ1) is 12.4. The maximum absolute atomic E-state index is 12.9. The first kappa shape index (κ1) is 18.9. The van der Waals surface area contributed by atoms with Crippen molar-refractivity contribution < 1.29 is 27.4 Å². The molecule has 26 heavy (non-hydrogen) atoms. The summed E-state index contributed by atoms with van der Waals surface area (Å²) in [6.07, 6.45) is 0. The van der Waals surface area contributed by atoms with Crippen molar-refractivity contribution in [3.8, 4) is 11.5 Å². The Labute approximate surface area is 152 Å². The Kier molecular flexibility index (Phi) is 5.66. The standard InChI is InChI=1S/C16H23N3O6S/c1-23-11-13(17)16(20)18-4-6-19(7-5-18)26(21,22)12-2-3-14-15(10-12)25-9-8-24-14/h2-3,10,13H,4-9,11,17H2,1H3. The molecular formula is C16H23N3O6S. The summed E-state index contributed by atoms with van der Waals surface area (Å²) in [5.41, 5.74) is 5.76. The number of nitrogens with two attached hydrogens (primary N) is 1. The summed E-state index contributed by atoms with van der Waals surface area (Å²) in [7, 11) is -2.19. The van der Waals surface area contributed by atoms with E-state index in [0.717, 1.165) is 0 Å². The number of rotatable bonds is 5. The van der Waals surface area contributed by atoms with Gasteiger partial charge in [-0.1, -0.05) is 0 Å². The van der Waals surface area contributed by atoms with Gasteiger partial charge in [-0.2, -0.15) is 4.31 Å². The Morgan fingerprint density at radius 1 is 1.19 bits per heavy atom. The highest BCUT2D eigenvalue weighted by atomic mass is 32.2. The number of fused-ring (bicyclic) bond motifs is 1. The monoisotopic (exact) mass is 385 g/mol. The number of methoxy groups -OCH3 is 1. The number of nitrogens with zero attached hydrogens (tertiary/aromatic N) is 2. The molecule has 1 amide bonds. The molecule has 0 radical (unpaired) electrons. The second-order valence-electron chi connectivity index (χ2n) is 6.10. The minimum atomic E-state index is -3.67. The van der Waals surface area contributed by atoms with Gasteiger partial charge in [0.2, 0.25) is 15.9 Å². The van der Waals surface area contributed by atoms with E-state index in [1.54, 1.807) is 11.0 Å². The number of hydrogen-bond acceptors (Lipinski definition) is 7. The van der Waals surface area contributed by atoms with Crippen molar-refractivity contribution >= 4 is 15.9 Å². The van der Waals surface area contributed by atoms with Crippen molar-refractivity contribution in [2.45, 2.75) is 10.9 Å². The highest BCUT2D eigenvalue weighted by molar-refractivity contribution is 7.89. The summed E-state index contributed by atoms with van der Waals surface area (Å²) in [6, 6.07) is 3.86. The fourth-order valence-electron chi connectivity index (χ4n) is 2.97. The molecule has 0 saturated carbocycles. The van der Waals surface area contributed by atoms with E-state index >= 15 is 0 Å². The van der Waals surface area contributed by atoms with Crippen molar-refractivity contribution in [1.82, 2.24) is 9.21 Å². The van der Waals surface area contributed by atoms with Gasteiger partial charge in [0.25, 0.3) is 0 Å².